The van der Waals surface area contributed by atoms with E-state index in [1.165, 1.54) is 12.1 Å². The Morgan fingerprint density at radius 2 is 2.00 bits per heavy atom. The summed E-state index contributed by atoms with van der Waals surface area (Å²) < 4.78 is 24.4. The standard InChI is InChI=1S/C25H23FN2O4/c26-17-8-9-21-23(12-17)32-28-24(21)16-5-3-6-19(10-16)31-14-18(29)13-27-25-20-7-2-1-4-15(20)11-22(25)30/h1-10,12,18,22,25,27,29-30H,11,13-14H2/t18?,22?,25-/m1/s1. The first-order valence-corrected chi connectivity index (χ1v) is 10.5. The Morgan fingerprint density at radius 3 is 2.91 bits per heavy atom. The van der Waals surface area contributed by atoms with Gasteiger partial charge in [-0.1, -0.05) is 41.6 Å². The fourth-order valence-electron chi connectivity index (χ4n) is 4.19. The molecule has 0 saturated heterocycles. The molecule has 3 aromatic carbocycles. The number of aliphatic hydroxyl groups is 2. The van der Waals surface area contributed by atoms with Crippen molar-refractivity contribution in [2.24, 2.45) is 0 Å². The van der Waals surface area contributed by atoms with Gasteiger partial charge in [0.1, 0.15) is 30.0 Å². The first-order chi connectivity index (χ1) is 15.6. The van der Waals surface area contributed by atoms with Crippen LogP contribution in [0.4, 0.5) is 4.39 Å². The first kappa shape index (κ1) is 20.6. The van der Waals surface area contributed by atoms with Gasteiger partial charge in [0, 0.05) is 30.0 Å². The molecule has 0 spiro atoms. The molecule has 0 amide bonds. The summed E-state index contributed by atoms with van der Waals surface area (Å²) >= 11 is 0. The SMILES string of the molecule is OC(CN[C@@H]1c2ccccc2CC1O)COc1cccc(-c2noc3cc(F)ccc23)c1. The van der Waals surface area contributed by atoms with Crippen LogP contribution in [0.15, 0.2) is 71.3 Å². The predicted octanol–water partition coefficient (Wildman–Crippen LogP) is 3.62. The minimum atomic E-state index is -0.755. The molecule has 1 aromatic heterocycles. The van der Waals surface area contributed by atoms with Crippen LogP contribution < -0.4 is 10.1 Å². The van der Waals surface area contributed by atoms with Gasteiger partial charge in [-0.25, -0.2) is 4.39 Å². The summed E-state index contributed by atoms with van der Waals surface area (Å²) in [5.74, 6) is 0.194. The molecule has 2 unspecified atom stereocenters. The summed E-state index contributed by atoms with van der Waals surface area (Å²) in [5.41, 5.74) is 3.94. The maximum absolute atomic E-state index is 13.4. The van der Waals surface area contributed by atoms with Crippen LogP contribution in [0.3, 0.4) is 0 Å². The highest BCUT2D eigenvalue weighted by Gasteiger charge is 2.30. The fraction of sp³-hybridized carbons (Fsp3) is 0.240. The van der Waals surface area contributed by atoms with Crippen molar-refractivity contribution < 1.29 is 23.9 Å². The van der Waals surface area contributed by atoms with Gasteiger partial charge in [0.05, 0.1) is 12.1 Å². The van der Waals surface area contributed by atoms with Crippen molar-refractivity contribution in [1.29, 1.82) is 0 Å². The molecule has 164 valence electrons. The zero-order valence-corrected chi connectivity index (χ0v) is 17.2. The van der Waals surface area contributed by atoms with Gasteiger partial charge in [0.25, 0.3) is 0 Å². The number of hydrogen-bond acceptors (Lipinski definition) is 6. The third-order valence-corrected chi connectivity index (χ3v) is 5.76. The molecule has 0 radical (unpaired) electrons. The Hall–Kier alpha value is -3.26. The van der Waals surface area contributed by atoms with Crippen molar-refractivity contribution in [1.82, 2.24) is 10.5 Å². The van der Waals surface area contributed by atoms with Crippen LogP contribution in [0.2, 0.25) is 0 Å². The number of hydrogen-bond donors (Lipinski definition) is 3. The molecule has 5 rings (SSSR count). The molecule has 3 atom stereocenters. The van der Waals surface area contributed by atoms with Crippen LogP contribution in [0.5, 0.6) is 5.75 Å². The van der Waals surface area contributed by atoms with Crippen molar-refractivity contribution in [2.75, 3.05) is 13.2 Å². The molecular weight excluding hydrogens is 411 g/mol. The van der Waals surface area contributed by atoms with Crippen LogP contribution in [-0.4, -0.2) is 40.7 Å². The largest absolute Gasteiger partial charge is 0.491 e. The van der Waals surface area contributed by atoms with E-state index in [9.17, 15) is 14.6 Å². The molecule has 0 bridgehead atoms. The van der Waals surface area contributed by atoms with E-state index in [1.54, 1.807) is 18.2 Å². The van der Waals surface area contributed by atoms with Crippen LogP contribution >= 0.6 is 0 Å². The summed E-state index contributed by atoms with van der Waals surface area (Å²) in [7, 11) is 0. The monoisotopic (exact) mass is 434 g/mol. The van der Waals surface area contributed by atoms with Crippen LogP contribution in [0.25, 0.3) is 22.2 Å². The first-order valence-electron chi connectivity index (χ1n) is 10.5. The fourth-order valence-corrected chi connectivity index (χ4v) is 4.19. The molecule has 32 heavy (non-hydrogen) atoms. The van der Waals surface area contributed by atoms with Gasteiger partial charge in [-0.2, -0.15) is 0 Å². The van der Waals surface area contributed by atoms with Gasteiger partial charge < -0.3 is 24.8 Å². The second-order valence-corrected chi connectivity index (χ2v) is 8.02. The zero-order valence-electron chi connectivity index (χ0n) is 17.2. The minimum Gasteiger partial charge on any atom is -0.491 e. The molecule has 0 fully saturated rings. The second kappa shape index (κ2) is 8.70. The smallest absolute Gasteiger partial charge is 0.170 e. The van der Waals surface area contributed by atoms with Crippen LogP contribution in [0, 0.1) is 5.82 Å². The molecule has 4 aromatic rings. The summed E-state index contributed by atoms with van der Waals surface area (Å²) in [5, 5.41) is 28.7. The number of fused-ring (bicyclic) bond motifs is 2. The van der Waals surface area contributed by atoms with E-state index >= 15 is 0 Å². The van der Waals surface area contributed by atoms with Crippen LogP contribution in [0.1, 0.15) is 17.2 Å². The van der Waals surface area contributed by atoms with Gasteiger partial charge in [0.15, 0.2) is 5.58 Å². The molecule has 7 heteroatoms. The number of nitrogens with zero attached hydrogens (tertiary/aromatic N) is 1. The normalized spacial score (nSPS) is 18.6. The number of halogens is 1. The number of aromatic nitrogens is 1. The van der Waals surface area contributed by atoms with E-state index in [0.29, 0.717) is 28.8 Å². The molecule has 1 aliphatic rings. The van der Waals surface area contributed by atoms with E-state index in [2.05, 4.69) is 10.5 Å². The van der Waals surface area contributed by atoms with Crippen LogP contribution in [-0.2, 0) is 6.42 Å². The van der Waals surface area contributed by atoms with E-state index < -0.39 is 12.2 Å². The quantitative estimate of drug-likeness (QED) is 0.412. The molecule has 0 saturated carbocycles. The van der Waals surface area contributed by atoms with Crippen molar-refractivity contribution in [2.45, 2.75) is 24.7 Å². The average molecular weight is 434 g/mol. The Labute approximate surface area is 184 Å². The predicted molar refractivity (Wildman–Crippen MR) is 118 cm³/mol. The van der Waals surface area contributed by atoms with E-state index in [1.807, 2.05) is 36.4 Å². The summed E-state index contributed by atoms with van der Waals surface area (Å²) in [6.45, 7) is 0.376. The Bertz CT molecular complexity index is 1240. The number of benzene rings is 3. The zero-order chi connectivity index (χ0) is 22.1. The molecule has 1 heterocycles. The molecule has 0 aliphatic heterocycles. The minimum absolute atomic E-state index is 0.0890. The van der Waals surface area contributed by atoms with Crippen molar-refractivity contribution in [3.8, 4) is 17.0 Å². The van der Waals surface area contributed by atoms with Crippen molar-refractivity contribution in [3.63, 3.8) is 0 Å². The Balaban J connectivity index is 1.21. The highest BCUT2D eigenvalue weighted by molar-refractivity contribution is 5.91. The van der Waals surface area contributed by atoms with Crippen molar-refractivity contribution in [3.05, 3.63) is 83.7 Å². The lowest BCUT2D eigenvalue weighted by molar-refractivity contribution is 0.0890. The summed E-state index contributed by atoms with van der Waals surface area (Å²) in [4.78, 5) is 0. The van der Waals surface area contributed by atoms with Gasteiger partial charge in [-0.3, -0.25) is 0 Å². The van der Waals surface area contributed by atoms with Gasteiger partial charge in [-0.05, 0) is 35.4 Å². The third kappa shape index (κ3) is 4.10. The molecular formula is C25H23FN2O4. The number of aliphatic hydroxyl groups excluding tert-OH is 2. The highest BCUT2D eigenvalue weighted by atomic mass is 19.1. The summed E-state index contributed by atoms with van der Waals surface area (Å²) in [6, 6.07) is 19.3. The van der Waals surface area contributed by atoms with E-state index in [-0.39, 0.29) is 25.0 Å². The van der Waals surface area contributed by atoms with Gasteiger partial charge in [-0.15, -0.1) is 0 Å². The average Bonchev–Trinajstić information content (AvgIpc) is 3.36. The Kier molecular flexibility index (Phi) is 5.61. The topological polar surface area (TPSA) is 87.8 Å². The maximum Gasteiger partial charge on any atom is 0.170 e. The maximum atomic E-state index is 13.4. The van der Waals surface area contributed by atoms with Crippen molar-refractivity contribution >= 4 is 11.0 Å². The molecule has 3 N–H and O–H groups in total. The summed E-state index contributed by atoms with van der Waals surface area (Å²) in [6.07, 6.45) is -0.659. The van der Waals surface area contributed by atoms with E-state index in [0.717, 1.165) is 16.7 Å². The Morgan fingerprint density at radius 1 is 1.12 bits per heavy atom. The second-order valence-electron chi connectivity index (χ2n) is 8.02. The van der Waals surface area contributed by atoms with Gasteiger partial charge in [0.2, 0.25) is 0 Å². The molecule has 1 aliphatic carbocycles. The number of nitrogens with one attached hydrogen (secondary N) is 1. The third-order valence-electron chi connectivity index (χ3n) is 5.76. The lowest BCUT2D eigenvalue weighted by Gasteiger charge is -2.20. The number of ether oxygens (including phenoxy) is 1. The number of rotatable bonds is 7. The highest BCUT2D eigenvalue weighted by Crippen LogP contribution is 2.32. The molecule has 6 nitrogen and oxygen atoms in total. The van der Waals surface area contributed by atoms with Gasteiger partial charge >= 0.3 is 0 Å². The lowest BCUT2D eigenvalue weighted by Crippen LogP contribution is -2.37. The van der Waals surface area contributed by atoms with E-state index in [4.69, 9.17) is 9.26 Å². The lowest BCUT2D eigenvalue weighted by atomic mass is 10.1.